The Bertz CT molecular complexity index is 707. The summed E-state index contributed by atoms with van der Waals surface area (Å²) in [5, 5.41) is 9.69. The van der Waals surface area contributed by atoms with Crippen molar-refractivity contribution in [2.24, 2.45) is 11.3 Å². The second kappa shape index (κ2) is 8.82. The SMILES string of the molecule is O=C1CCC2(CCN(C(=O)C3CCC(O)CC3)CC2)CN1CCc1ccncc1. The predicted octanol–water partition coefficient (Wildman–Crippen LogP) is 2.41. The number of carbonyl (C=O) groups is 2. The van der Waals surface area contributed by atoms with Gasteiger partial charge < -0.3 is 14.9 Å². The quantitative estimate of drug-likeness (QED) is 0.844. The summed E-state index contributed by atoms with van der Waals surface area (Å²) in [6.45, 7) is 3.21. The Kier molecular flexibility index (Phi) is 6.18. The van der Waals surface area contributed by atoms with E-state index >= 15 is 0 Å². The van der Waals surface area contributed by atoms with Crippen LogP contribution >= 0.6 is 0 Å². The van der Waals surface area contributed by atoms with Gasteiger partial charge >= 0.3 is 0 Å². The lowest BCUT2D eigenvalue weighted by atomic mass is 9.72. The first-order chi connectivity index (χ1) is 14.0. The van der Waals surface area contributed by atoms with Crippen LogP contribution in [0.25, 0.3) is 0 Å². The summed E-state index contributed by atoms with van der Waals surface area (Å²) in [5.74, 6) is 0.648. The van der Waals surface area contributed by atoms with Gasteiger partial charge in [-0.25, -0.2) is 0 Å². The van der Waals surface area contributed by atoms with Crippen molar-refractivity contribution < 1.29 is 14.7 Å². The third kappa shape index (κ3) is 4.80. The molecule has 6 heteroatoms. The van der Waals surface area contributed by atoms with Crippen molar-refractivity contribution in [3.63, 3.8) is 0 Å². The lowest BCUT2D eigenvalue weighted by Crippen LogP contribution is -2.53. The number of aromatic nitrogens is 1. The van der Waals surface area contributed by atoms with Crippen LogP contribution in [0.2, 0.25) is 0 Å². The molecular weight excluding hydrogens is 366 g/mol. The van der Waals surface area contributed by atoms with Gasteiger partial charge in [0.05, 0.1) is 6.10 Å². The third-order valence-electron chi connectivity index (χ3n) is 7.35. The molecule has 1 aliphatic carbocycles. The monoisotopic (exact) mass is 399 g/mol. The van der Waals surface area contributed by atoms with Crippen LogP contribution in [0.1, 0.15) is 56.9 Å². The predicted molar refractivity (Wildman–Crippen MR) is 110 cm³/mol. The number of aliphatic hydroxyl groups is 1. The minimum Gasteiger partial charge on any atom is -0.393 e. The number of carbonyl (C=O) groups excluding carboxylic acids is 2. The van der Waals surface area contributed by atoms with E-state index in [-0.39, 0.29) is 29.3 Å². The van der Waals surface area contributed by atoms with Gasteiger partial charge in [0.15, 0.2) is 0 Å². The van der Waals surface area contributed by atoms with E-state index in [4.69, 9.17) is 0 Å². The topological polar surface area (TPSA) is 73.7 Å². The molecule has 3 fully saturated rings. The molecule has 6 nitrogen and oxygen atoms in total. The Morgan fingerprint density at radius 3 is 2.48 bits per heavy atom. The van der Waals surface area contributed by atoms with Gasteiger partial charge in [0.1, 0.15) is 0 Å². The van der Waals surface area contributed by atoms with E-state index < -0.39 is 0 Å². The van der Waals surface area contributed by atoms with E-state index in [1.807, 2.05) is 21.9 Å². The molecular formula is C23H33N3O3. The van der Waals surface area contributed by atoms with E-state index in [0.29, 0.717) is 6.42 Å². The first kappa shape index (κ1) is 20.3. The van der Waals surface area contributed by atoms with Crippen LogP contribution in [-0.4, -0.2) is 64.0 Å². The largest absolute Gasteiger partial charge is 0.393 e. The number of amides is 2. The fraction of sp³-hybridized carbons (Fsp3) is 0.696. The lowest BCUT2D eigenvalue weighted by Gasteiger charge is -2.48. The Morgan fingerprint density at radius 2 is 1.79 bits per heavy atom. The normalized spacial score (nSPS) is 27.3. The number of piperidine rings is 2. The van der Waals surface area contributed by atoms with Crippen LogP contribution in [0.5, 0.6) is 0 Å². The maximum Gasteiger partial charge on any atom is 0.225 e. The molecule has 0 radical (unpaired) electrons. The van der Waals surface area contributed by atoms with Crippen LogP contribution in [-0.2, 0) is 16.0 Å². The minimum atomic E-state index is -0.221. The molecule has 2 saturated heterocycles. The Hall–Kier alpha value is -1.95. The number of rotatable bonds is 4. The summed E-state index contributed by atoms with van der Waals surface area (Å²) in [4.78, 5) is 33.5. The molecule has 1 aromatic rings. The maximum atomic E-state index is 12.9. The molecule has 0 unspecified atom stereocenters. The molecule has 0 aromatic carbocycles. The van der Waals surface area contributed by atoms with Crippen LogP contribution in [0.3, 0.4) is 0 Å². The van der Waals surface area contributed by atoms with Gasteiger partial charge in [0.25, 0.3) is 0 Å². The van der Waals surface area contributed by atoms with Gasteiger partial charge in [-0.1, -0.05) is 0 Å². The fourth-order valence-corrected chi connectivity index (χ4v) is 5.31. The van der Waals surface area contributed by atoms with Crippen molar-refractivity contribution in [1.29, 1.82) is 0 Å². The summed E-state index contributed by atoms with van der Waals surface area (Å²) in [6.07, 6.45) is 11.0. The van der Waals surface area contributed by atoms with Crippen molar-refractivity contribution >= 4 is 11.8 Å². The van der Waals surface area contributed by atoms with Crippen molar-refractivity contribution in [3.8, 4) is 0 Å². The molecule has 29 heavy (non-hydrogen) atoms. The molecule has 1 saturated carbocycles. The molecule has 3 heterocycles. The van der Waals surface area contributed by atoms with E-state index in [0.717, 1.165) is 77.5 Å². The number of aliphatic hydroxyl groups excluding tert-OH is 1. The highest BCUT2D eigenvalue weighted by Gasteiger charge is 2.42. The van der Waals surface area contributed by atoms with Crippen LogP contribution < -0.4 is 0 Å². The summed E-state index contributed by atoms with van der Waals surface area (Å²) in [6, 6.07) is 4.02. The van der Waals surface area contributed by atoms with Gasteiger partial charge in [-0.15, -0.1) is 0 Å². The molecule has 1 N–H and O–H groups in total. The summed E-state index contributed by atoms with van der Waals surface area (Å²) >= 11 is 0. The highest BCUT2D eigenvalue weighted by Crippen LogP contribution is 2.41. The molecule has 2 aliphatic heterocycles. The highest BCUT2D eigenvalue weighted by atomic mass is 16.3. The van der Waals surface area contributed by atoms with Gasteiger partial charge in [-0.2, -0.15) is 0 Å². The fourth-order valence-electron chi connectivity index (χ4n) is 5.31. The minimum absolute atomic E-state index is 0.0947. The summed E-state index contributed by atoms with van der Waals surface area (Å²) in [5.41, 5.74) is 1.39. The van der Waals surface area contributed by atoms with Gasteiger partial charge in [-0.3, -0.25) is 14.6 Å². The second-order valence-corrected chi connectivity index (χ2v) is 9.25. The summed E-state index contributed by atoms with van der Waals surface area (Å²) in [7, 11) is 0. The zero-order valence-electron chi connectivity index (χ0n) is 17.3. The number of hydrogen-bond donors (Lipinski definition) is 1. The average molecular weight is 400 g/mol. The third-order valence-corrected chi connectivity index (χ3v) is 7.35. The Balaban J connectivity index is 1.30. The second-order valence-electron chi connectivity index (χ2n) is 9.25. The smallest absolute Gasteiger partial charge is 0.225 e. The van der Waals surface area contributed by atoms with Gasteiger partial charge in [0, 0.05) is 50.9 Å². The first-order valence-corrected chi connectivity index (χ1v) is 11.2. The standard InChI is InChI=1S/C23H33N3O3/c27-20-3-1-19(2-4-20)22(29)25-15-10-23(11-16-25)9-5-21(28)26(17-23)14-8-18-6-12-24-13-7-18/h6-7,12-13,19-20,27H,1-5,8-11,14-17H2. The molecule has 1 aromatic heterocycles. The van der Waals surface area contributed by atoms with Gasteiger partial charge in [-0.05, 0) is 74.5 Å². The van der Waals surface area contributed by atoms with Crippen LogP contribution in [0.15, 0.2) is 24.5 Å². The molecule has 2 amide bonds. The average Bonchev–Trinajstić information content (AvgIpc) is 2.76. The molecule has 0 atom stereocenters. The van der Waals surface area contributed by atoms with Crippen molar-refractivity contribution in [2.75, 3.05) is 26.2 Å². The number of nitrogens with zero attached hydrogens (tertiary/aromatic N) is 3. The summed E-state index contributed by atoms with van der Waals surface area (Å²) < 4.78 is 0. The van der Waals surface area contributed by atoms with Crippen LogP contribution in [0.4, 0.5) is 0 Å². The number of likely N-dealkylation sites (tertiary alicyclic amines) is 2. The zero-order chi connectivity index (χ0) is 20.3. The zero-order valence-corrected chi connectivity index (χ0v) is 17.3. The maximum absolute atomic E-state index is 12.9. The van der Waals surface area contributed by atoms with E-state index in [2.05, 4.69) is 4.98 Å². The highest BCUT2D eigenvalue weighted by molar-refractivity contribution is 5.79. The van der Waals surface area contributed by atoms with Gasteiger partial charge in [0.2, 0.25) is 11.8 Å². The number of hydrogen-bond acceptors (Lipinski definition) is 4. The Morgan fingerprint density at radius 1 is 1.10 bits per heavy atom. The van der Waals surface area contributed by atoms with E-state index in [1.165, 1.54) is 5.56 Å². The van der Waals surface area contributed by atoms with E-state index in [9.17, 15) is 14.7 Å². The Labute approximate surface area is 173 Å². The molecule has 4 rings (SSSR count). The molecule has 3 aliphatic rings. The van der Waals surface area contributed by atoms with Crippen molar-refractivity contribution in [2.45, 2.75) is 63.9 Å². The van der Waals surface area contributed by atoms with Crippen molar-refractivity contribution in [1.82, 2.24) is 14.8 Å². The van der Waals surface area contributed by atoms with E-state index in [1.54, 1.807) is 12.4 Å². The lowest BCUT2D eigenvalue weighted by molar-refractivity contribution is -0.145. The molecule has 1 spiro atoms. The van der Waals surface area contributed by atoms with Crippen LogP contribution in [0, 0.1) is 11.3 Å². The first-order valence-electron chi connectivity index (χ1n) is 11.2. The van der Waals surface area contributed by atoms with Crippen molar-refractivity contribution in [3.05, 3.63) is 30.1 Å². The number of pyridine rings is 1. The molecule has 0 bridgehead atoms. The molecule has 158 valence electrons.